The Morgan fingerprint density at radius 2 is 1.85 bits per heavy atom. The molecule has 0 bridgehead atoms. The summed E-state index contributed by atoms with van der Waals surface area (Å²) in [6, 6.07) is 12.9. The van der Waals surface area contributed by atoms with E-state index in [1.165, 1.54) is 6.07 Å². The van der Waals surface area contributed by atoms with Gasteiger partial charge in [0.25, 0.3) is 5.69 Å². The molecule has 4 rings (SSSR count). The fourth-order valence-electron chi connectivity index (χ4n) is 4.56. The number of Topliss-reactive ketones (excluding diaryl/α,β-unsaturated/α-hetero) is 1. The largest absolute Gasteiger partial charge is 0.368 e. The maximum absolute atomic E-state index is 12.9. The van der Waals surface area contributed by atoms with Crippen molar-refractivity contribution in [2.45, 2.75) is 27.7 Å². The number of aryl methyl sites for hydroxylation is 2. The van der Waals surface area contributed by atoms with Crippen molar-refractivity contribution in [2.75, 3.05) is 44.4 Å². The van der Waals surface area contributed by atoms with E-state index in [1.807, 2.05) is 86.7 Å². The van der Waals surface area contributed by atoms with Crippen molar-refractivity contribution in [3.63, 3.8) is 0 Å². The smallest absolute Gasteiger partial charge is 0.294 e. The predicted octanol–water partition coefficient (Wildman–Crippen LogP) is 5.82. The number of nitrogens with zero attached hydrogens (tertiary/aromatic N) is 6. The van der Waals surface area contributed by atoms with E-state index in [4.69, 9.17) is 4.98 Å². The molecule has 0 aliphatic rings. The molecule has 2 aromatic heterocycles. The Bertz CT molecular complexity index is 1510. The molecule has 0 amide bonds. The molecule has 206 valence electrons. The predicted molar refractivity (Wildman–Crippen MR) is 158 cm³/mol. The molecule has 2 heterocycles. The highest BCUT2D eigenvalue weighted by Gasteiger charge is 2.23. The van der Waals surface area contributed by atoms with Crippen molar-refractivity contribution in [1.82, 2.24) is 19.4 Å². The maximum Gasteiger partial charge on any atom is 0.294 e. The summed E-state index contributed by atoms with van der Waals surface area (Å²) in [4.78, 5) is 37.5. The molecule has 10 nitrogen and oxygen atoms in total. The first-order valence-corrected chi connectivity index (χ1v) is 12.5. The number of rotatable bonds is 10. The van der Waals surface area contributed by atoms with Crippen LogP contribution in [0.4, 0.5) is 23.0 Å². The Morgan fingerprint density at radius 3 is 2.51 bits per heavy atom. The van der Waals surface area contributed by atoms with Gasteiger partial charge < -0.3 is 19.7 Å². The molecule has 0 saturated heterocycles. The van der Waals surface area contributed by atoms with Crippen LogP contribution in [-0.4, -0.2) is 64.4 Å². The third-order valence-electron chi connectivity index (χ3n) is 6.66. The van der Waals surface area contributed by atoms with Crippen LogP contribution in [-0.2, 0) is 7.05 Å². The second kappa shape index (κ2) is 12.0. The molecule has 0 spiro atoms. The highest BCUT2D eigenvalue weighted by atomic mass is 16.6. The zero-order valence-corrected chi connectivity index (χ0v) is 22.6. The van der Waals surface area contributed by atoms with Crippen molar-refractivity contribution >= 4 is 39.7 Å². The van der Waals surface area contributed by atoms with E-state index in [9.17, 15) is 14.9 Å². The van der Waals surface area contributed by atoms with Gasteiger partial charge in [-0.3, -0.25) is 14.9 Å². The molecule has 1 N–H and O–H groups in total. The Labute approximate surface area is 229 Å². The van der Waals surface area contributed by atoms with Crippen molar-refractivity contribution in [3.8, 4) is 11.3 Å². The lowest BCUT2D eigenvalue weighted by Crippen LogP contribution is -2.29. The number of nitro groups is 1. The summed E-state index contributed by atoms with van der Waals surface area (Å²) in [5.41, 5.74) is 4.80. The number of aromatic nitrogens is 3. The molecule has 10 heteroatoms. The number of carbonyl (C=O) groups excluding carboxylic acids is 1. The molecule has 4 aromatic rings. The molecule has 0 aliphatic carbocycles. The van der Waals surface area contributed by atoms with Crippen molar-refractivity contribution in [1.29, 1.82) is 0 Å². The summed E-state index contributed by atoms with van der Waals surface area (Å²) < 4.78 is 1.91. The van der Waals surface area contributed by atoms with Crippen molar-refractivity contribution in [2.24, 2.45) is 7.05 Å². The SMILES string of the molecule is C.CCC(=O)c1c(-c2ccnc(Nc3cc([N+](=O)[O-])c(N(C)CCN(C)C)cc3C)n2)c2ccccc2n1C. The Balaban J connectivity index is 0.00000420. The lowest BCUT2D eigenvalue weighted by molar-refractivity contribution is -0.384. The highest BCUT2D eigenvalue weighted by molar-refractivity contribution is 6.10. The lowest BCUT2D eigenvalue weighted by atomic mass is 10.0. The maximum atomic E-state index is 12.9. The van der Waals surface area contributed by atoms with Crippen LogP contribution >= 0.6 is 0 Å². The van der Waals surface area contributed by atoms with E-state index < -0.39 is 0 Å². The third-order valence-corrected chi connectivity index (χ3v) is 6.66. The fourth-order valence-corrected chi connectivity index (χ4v) is 4.56. The number of ketones is 1. The molecular formula is C29H37N7O3. The molecule has 0 aliphatic heterocycles. The van der Waals surface area contributed by atoms with Crippen LogP contribution in [0.1, 0.15) is 36.8 Å². The first-order chi connectivity index (χ1) is 18.1. The Hall–Kier alpha value is -4.31. The number of para-hydroxylation sites is 1. The van der Waals surface area contributed by atoms with E-state index in [2.05, 4.69) is 10.3 Å². The summed E-state index contributed by atoms with van der Waals surface area (Å²) in [5, 5.41) is 16.0. The third kappa shape index (κ3) is 5.91. The summed E-state index contributed by atoms with van der Waals surface area (Å²) in [6.45, 7) is 5.15. The summed E-state index contributed by atoms with van der Waals surface area (Å²) >= 11 is 0. The van der Waals surface area contributed by atoms with Crippen LogP contribution in [0.3, 0.4) is 0 Å². The van der Waals surface area contributed by atoms with Gasteiger partial charge in [-0.1, -0.05) is 32.5 Å². The van der Waals surface area contributed by atoms with Gasteiger partial charge in [-0.15, -0.1) is 0 Å². The monoisotopic (exact) mass is 531 g/mol. The number of hydrogen-bond donors (Lipinski definition) is 1. The van der Waals surface area contributed by atoms with Crippen LogP contribution in [0.15, 0.2) is 48.7 Å². The van der Waals surface area contributed by atoms with E-state index in [0.29, 0.717) is 35.7 Å². The fraction of sp³-hybridized carbons (Fsp3) is 0.345. The molecule has 39 heavy (non-hydrogen) atoms. The number of fused-ring (bicyclic) bond motifs is 1. The molecule has 0 unspecified atom stereocenters. The number of likely N-dealkylation sites (N-methyl/N-ethyl adjacent to an activating group) is 2. The average Bonchev–Trinajstić information content (AvgIpc) is 3.20. The van der Waals surface area contributed by atoms with Gasteiger partial charge in [0.2, 0.25) is 5.95 Å². The molecular weight excluding hydrogens is 494 g/mol. The summed E-state index contributed by atoms with van der Waals surface area (Å²) in [5.74, 6) is 0.309. The quantitative estimate of drug-likeness (QED) is 0.155. The first kappa shape index (κ1) is 29.2. The van der Waals surface area contributed by atoms with Crippen LogP contribution in [0.5, 0.6) is 0 Å². The normalized spacial score (nSPS) is 10.9. The molecule has 0 saturated carbocycles. The topological polar surface area (TPSA) is 109 Å². The number of hydrogen-bond acceptors (Lipinski definition) is 8. The first-order valence-electron chi connectivity index (χ1n) is 12.5. The van der Waals surface area contributed by atoms with Crippen molar-refractivity contribution in [3.05, 3.63) is 70.0 Å². The Kier molecular flexibility index (Phi) is 9.03. The van der Waals surface area contributed by atoms with Gasteiger partial charge in [0.05, 0.1) is 22.0 Å². The number of nitrogens with one attached hydrogen (secondary N) is 1. The highest BCUT2D eigenvalue weighted by Crippen LogP contribution is 2.36. The summed E-state index contributed by atoms with van der Waals surface area (Å²) in [7, 11) is 7.67. The van der Waals surface area contributed by atoms with Crippen molar-refractivity contribution < 1.29 is 9.72 Å². The van der Waals surface area contributed by atoms with Gasteiger partial charge in [0.1, 0.15) is 5.69 Å². The van der Waals surface area contributed by atoms with Gasteiger partial charge >= 0.3 is 0 Å². The van der Waals surface area contributed by atoms with Gasteiger partial charge in [-0.25, -0.2) is 9.97 Å². The van der Waals surface area contributed by atoms with E-state index >= 15 is 0 Å². The summed E-state index contributed by atoms with van der Waals surface area (Å²) in [6.07, 6.45) is 1.99. The van der Waals surface area contributed by atoms with Gasteiger partial charge in [0.15, 0.2) is 5.78 Å². The molecule has 2 aromatic carbocycles. The van der Waals surface area contributed by atoms with Crippen LogP contribution in [0.2, 0.25) is 0 Å². The Morgan fingerprint density at radius 1 is 1.13 bits per heavy atom. The average molecular weight is 532 g/mol. The lowest BCUT2D eigenvalue weighted by Gasteiger charge is -2.22. The second-order valence-electron chi connectivity index (χ2n) is 9.60. The van der Waals surface area contributed by atoms with E-state index in [1.54, 1.807) is 12.3 Å². The zero-order chi connectivity index (χ0) is 27.6. The minimum Gasteiger partial charge on any atom is -0.368 e. The van der Waals surface area contributed by atoms with E-state index in [-0.39, 0.29) is 29.8 Å². The number of carbonyl (C=O) groups is 1. The van der Waals surface area contributed by atoms with Gasteiger partial charge in [-0.2, -0.15) is 0 Å². The number of nitro benzene ring substituents is 1. The molecule has 0 fully saturated rings. The zero-order valence-electron chi connectivity index (χ0n) is 22.6. The molecule has 0 atom stereocenters. The van der Waals surface area contributed by atoms with E-state index in [0.717, 1.165) is 28.6 Å². The minimum absolute atomic E-state index is 0. The van der Waals surface area contributed by atoms with Gasteiger partial charge in [0, 0.05) is 62.3 Å². The van der Waals surface area contributed by atoms with Gasteiger partial charge in [-0.05, 0) is 44.8 Å². The standard InChI is InChI=1S/C28H33N7O3.CH4/c1-7-25(36)27-26(19-10-8-9-11-22(19)34(27)6)20-12-13-29-28(30-20)31-21-17-24(35(37)38)23(16-18(21)2)33(5)15-14-32(3)4;/h8-13,16-17H,7,14-15H2,1-6H3,(H,29,30,31);1H4. The second-order valence-corrected chi connectivity index (χ2v) is 9.60. The molecule has 0 radical (unpaired) electrons. The number of anilines is 3. The van der Waals surface area contributed by atoms with Crippen LogP contribution in [0, 0.1) is 17.0 Å². The minimum atomic E-state index is -0.373. The van der Waals surface area contributed by atoms with Crippen LogP contribution < -0.4 is 10.2 Å². The number of benzene rings is 2. The van der Waals surface area contributed by atoms with Crippen LogP contribution in [0.25, 0.3) is 22.2 Å².